The Morgan fingerprint density at radius 1 is 1.00 bits per heavy atom. The van der Waals surface area contributed by atoms with E-state index in [4.69, 9.17) is 4.74 Å². The SMILES string of the molecule is COc1ccc(CCN2C(=O)c3[nH]nc(-c4ccccc4O)c3[C@@H]2c2ccc(C(C)(C)C)cc2)cc1. The molecule has 0 spiro atoms. The van der Waals surface area contributed by atoms with Gasteiger partial charge in [0.05, 0.1) is 13.2 Å². The average Bonchev–Trinajstić information content (AvgIpc) is 3.41. The quantitative estimate of drug-likeness (QED) is 0.361. The van der Waals surface area contributed by atoms with Crippen LogP contribution >= 0.6 is 0 Å². The first-order valence-electron chi connectivity index (χ1n) is 12.2. The second kappa shape index (κ2) is 9.19. The first kappa shape index (κ1) is 23.7. The lowest BCUT2D eigenvalue weighted by molar-refractivity contribution is 0.0746. The van der Waals surface area contributed by atoms with Crippen LogP contribution < -0.4 is 4.74 Å². The van der Waals surface area contributed by atoms with Gasteiger partial charge in [-0.3, -0.25) is 9.89 Å². The van der Waals surface area contributed by atoms with Gasteiger partial charge in [0, 0.05) is 17.7 Å². The highest BCUT2D eigenvalue weighted by Gasteiger charge is 2.42. The van der Waals surface area contributed by atoms with Gasteiger partial charge in [-0.1, -0.05) is 69.3 Å². The summed E-state index contributed by atoms with van der Waals surface area (Å²) in [5.74, 6) is 0.858. The largest absolute Gasteiger partial charge is 0.507 e. The summed E-state index contributed by atoms with van der Waals surface area (Å²) in [7, 11) is 1.65. The van der Waals surface area contributed by atoms with E-state index in [0.717, 1.165) is 22.4 Å². The van der Waals surface area contributed by atoms with E-state index in [-0.39, 0.29) is 23.1 Å². The van der Waals surface area contributed by atoms with Gasteiger partial charge in [0.15, 0.2) is 0 Å². The number of carbonyl (C=O) groups is 1. The van der Waals surface area contributed by atoms with Crippen molar-refractivity contribution >= 4 is 5.91 Å². The molecule has 36 heavy (non-hydrogen) atoms. The molecule has 1 atom stereocenters. The van der Waals surface area contributed by atoms with Gasteiger partial charge in [0.2, 0.25) is 0 Å². The van der Waals surface area contributed by atoms with Gasteiger partial charge in [0.25, 0.3) is 5.91 Å². The lowest BCUT2D eigenvalue weighted by Gasteiger charge is -2.27. The fourth-order valence-electron chi connectivity index (χ4n) is 4.86. The number of phenolic OH excluding ortho intramolecular Hbond substituents is 1. The maximum atomic E-state index is 13.6. The number of aromatic nitrogens is 2. The number of nitrogens with zero attached hydrogens (tertiary/aromatic N) is 2. The Balaban J connectivity index is 1.55. The topological polar surface area (TPSA) is 78.5 Å². The van der Waals surface area contributed by atoms with Crippen LogP contribution in [0.25, 0.3) is 11.3 Å². The summed E-state index contributed by atoms with van der Waals surface area (Å²) in [6.07, 6.45) is 0.704. The van der Waals surface area contributed by atoms with Crippen molar-refractivity contribution in [3.63, 3.8) is 0 Å². The van der Waals surface area contributed by atoms with Gasteiger partial charge in [-0.2, -0.15) is 5.10 Å². The van der Waals surface area contributed by atoms with E-state index in [1.165, 1.54) is 5.56 Å². The number of H-pyrrole nitrogens is 1. The molecule has 184 valence electrons. The first-order valence-corrected chi connectivity index (χ1v) is 12.2. The Morgan fingerprint density at radius 3 is 2.33 bits per heavy atom. The Morgan fingerprint density at radius 2 is 1.69 bits per heavy atom. The van der Waals surface area contributed by atoms with Crippen molar-refractivity contribution in [1.29, 1.82) is 0 Å². The maximum absolute atomic E-state index is 13.6. The lowest BCUT2D eigenvalue weighted by atomic mass is 9.85. The Bertz CT molecular complexity index is 1380. The molecule has 1 aliphatic heterocycles. The van der Waals surface area contributed by atoms with Crippen LogP contribution in [0.1, 0.15) is 59.6 Å². The minimum Gasteiger partial charge on any atom is -0.507 e. The molecule has 2 heterocycles. The number of fused-ring (bicyclic) bond motifs is 1. The molecule has 1 aliphatic rings. The minimum absolute atomic E-state index is 0.0276. The number of ether oxygens (including phenoxy) is 1. The monoisotopic (exact) mass is 481 g/mol. The molecule has 0 fully saturated rings. The lowest BCUT2D eigenvalue weighted by Crippen LogP contribution is -2.31. The van der Waals surface area contributed by atoms with Crippen LogP contribution in [0.5, 0.6) is 11.5 Å². The molecule has 6 nitrogen and oxygen atoms in total. The van der Waals surface area contributed by atoms with Crippen LogP contribution in [0.3, 0.4) is 0 Å². The molecular formula is C30H31N3O3. The molecule has 0 bridgehead atoms. The van der Waals surface area contributed by atoms with Crippen molar-refractivity contribution in [2.24, 2.45) is 0 Å². The van der Waals surface area contributed by atoms with E-state index in [0.29, 0.717) is 29.9 Å². The van der Waals surface area contributed by atoms with Crippen molar-refractivity contribution in [2.45, 2.75) is 38.6 Å². The van der Waals surface area contributed by atoms with Crippen LogP contribution in [0, 0.1) is 0 Å². The number of hydrogen-bond acceptors (Lipinski definition) is 4. The minimum atomic E-state index is -0.312. The Hall–Kier alpha value is -4.06. The summed E-state index contributed by atoms with van der Waals surface area (Å²) >= 11 is 0. The van der Waals surface area contributed by atoms with Crippen LogP contribution in [0.15, 0.2) is 72.8 Å². The molecular weight excluding hydrogens is 450 g/mol. The van der Waals surface area contributed by atoms with E-state index in [9.17, 15) is 9.90 Å². The van der Waals surface area contributed by atoms with Crippen molar-refractivity contribution < 1.29 is 14.6 Å². The van der Waals surface area contributed by atoms with Gasteiger partial charge < -0.3 is 14.7 Å². The number of hydrogen-bond donors (Lipinski definition) is 2. The smallest absolute Gasteiger partial charge is 0.273 e. The highest BCUT2D eigenvalue weighted by atomic mass is 16.5. The fraction of sp³-hybridized carbons (Fsp3) is 0.267. The zero-order chi connectivity index (χ0) is 25.4. The number of aromatic amines is 1. The number of nitrogens with one attached hydrogen (secondary N) is 1. The zero-order valence-corrected chi connectivity index (χ0v) is 21.1. The summed E-state index contributed by atoms with van der Waals surface area (Å²) in [5, 5.41) is 18.0. The molecule has 4 aromatic rings. The number of methoxy groups -OCH3 is 1. The zero-order valence-electron chi connectivity index (χ0n) is 21.1. The number of amides is 1. The van der Waals surface area contributed by atoms with Gasteiger partial charge in [-0.05, 0) is 52.8 Å². The summed E-state index contributed by atoms with van der Waals surface area (Å²) in [6.45, 7) is 7.10. The van der Waals surface area contributed by atoms with Crippen LogP contribution in [0.2, 0.25) is 0 Å². The van der Waals surface area contributed by atoms with Crippen LogP contribution in [-0.4, -0.2) is 39.8 Å². The second-order valence-corrected chi connectivity index (χ2v) is 10.2. The first-order chi connectivity index (χ1) is 17.3. The number of rotatable bonds is 6. The van der Waals surface area contributed by atoms with Crippen LogP contribution in [-0.2, 0) is 11.8 Å². The molecule has 3 aromatic carbocycles. The highest BCUT2D eigenvalue weighted by molar-refractivity contribution is 6.00. The van der Waals surface area contributed by atoms with E-state index in [2.05, 4.69) is 55.2 Å². The number of aromatic hydroxyl groups is 1. The molecule has 6 heteroatoms. The van der Waals surface area contributed by atoms with Crippen molar-refractivity contribution in [1.82, 2.24) is 15.1 Å². The second-order valence-electron chi connectivity index (χ2n) is 10.2. The van der Waals surface area contributed by atoms with E-state index in [1.807, 2.05) is 41.3 Å². The number of benzene rings is 3. The van der Waals surface area contributed by atoms with E-state index in [1.54, 1.807) is 19.2 Å². The predicted octanol–water partition coefficient (Wildman–Crippen LogP) is 5.88. The Labute approximate surface area is 211 Å². The Kier molecular flexibility index (Phi) is 6.04. The molecule has 0 aliphatic carbocycles. The van der Waals surface area contributed by atoms with Crippen molar-refractivity contribution in [2.75, 3.05) is 13.7 Å². The third kappa shape index (κ3) is 4.24. The van der Waals surface area contributed by atoms with Crippen LogP contribution in [0.4, 0.5) is 0 Å². The molecule has 0 saturated heterocycles. The van der Waals surface area contributed by atoms with Gasteiger partial charge in [0.1, 0.15) is 22.9 Å². The molecule has 0 unspecified atom stereocenters. The van der Waals surface area contributed by atoms with Gasteiger partial charge in [-0.25, -0.2) is 0 Å². The summed E-state index contributed by atoms with van der Waals surface area (Å²) in [4.78, 5) is 15.5. The van der Waals surface area contributed by atoms with Gasteiger partial charge >= 0.3 is 0 Å². The summed E-state index contributed by atoms with van der Waals surface area (Å²) in [6, 6.07) is 23.2. The molecule has 5 rings (SSSR count). The molecule has 1 aromatic heterocycles. The van der Waals surface area contributed by atoms with Crippen molar-refractivity contribution in [3.05, 3.63) is 101 Å². The molecule has 1 amide bonds. The molecule has 2 N–H and O–H groups in total. The molecule has 0 saturated carbocycles. The number of carbonyl (C=O) groups excluding carboxylic acids is 1. The highest BCUT2D eigenvalue weighted by Crippen LogP contribution is 2.44. The number of phenols is 1. The predicted molar refractivity (Wildman–Crippen MR) is 140 cm³/mol. The van der Waals surface area contributed by atoms with Crippen molar-refractivity contribution in [3.8, 4) is 22.8 Å². The van der Waals surface area contributed by atoms with E-state index < -0.39 is 0 Å². The fourth-order valence-corrected chi connectivity index (χ4v) is 4.86. The summed E-state index contributed by atoms with van der Waals surface area (Å²) in [5.41, 5.74) is 5.90. The maximum Gasteiger partial charge on any atom is 0.273 e. The third-order valence-electron chi connectivity index (χ3n) is 6.92. The van der Waals surface area contributed by atoms with Gasteiger partial charge in [-0.15, -0.1) is 0 Å². The molecule has 0 radical (unpaired) electrons. The summed E-state index contributed by atoms with van der Waals surface area (Å²) < 4.78 is 5.27. The number of para-hydroxylation sites is 1. The standard InChI is InChI=1S/C30H31N3O3/c1-30(2,3)21-13-11-20(12-14-21)28-25-26(23-7-5-6-8-24(23)34)31-32-27(25)29(35)33(28)18-17-19-9-15-22(36-4)16-10-19/h5-16,28,34H,17-18H2,1-4H3,(H,31,32)/t28-/m0/s1. The normalized spacial score (nSPS) is 15.3. The third-order valence-corrected chi connectivity index (χ3v) is 6.92. The average molecular weight is 482 g/mol. The van der Waals surface area contributed by atoms with E-state index >= 15 is 0 Å².